The van der Waals surface area contributed by atoms with Crippen molar-refractivity contribution >= 4 is 21.8 Å². The van der Waals surface area contributed by atoms with Gasteiger partial charge in [-0.3, -0.25) is 0 Å². The molecular weight excluding hydrogens is 515 g/mol. The summed E-state index contributed by atoms with van der Waals surface area (Å²) in [6.45, 7) is 5.48. The van der Waals surface area contributed by atoms with Crippen molar-refractivity contribution in [3.63, 3.8) is 0 Å². The van der Waals surface area contributed by atoms with Gasteiger partial charge in [-0.25, -0.2) is 23.4 Å². The minimum Gasteiger partial charge on any atom is -0.469 e. The van der Waals surface area contributed by atoms with Gasteiger partial charge in [0.25, 0.3) is 0 Å². The van der Waals surface area contributed by atoms with Gasteiger partial charge >= 0.3 is 6.18 Å². The number of anilines is 2. The first-order valence-corrected chi connectivity index (χ1v) is 13.3. The Labute approximate surface area is 211 Å². The van der Waals surface area contributed by atoms with Crippen LogP contribution in [0.3, 0.4) is 0 Å². The zero-order chi connectivity index (χ0) is 26.2. The van der Waals surface area contributed by atoms with E-state index in [-0.39, 0.29) is 31.7 Å². The molecule has 0 unspecified atom stereocenters. The van der Waals surface area contributed by atoms with E-state index in [1.165, 1.54) is 10.6 Å². The first-order chi connectivity index (χ1) is 17.6. The monoisotopic (exact) mass is 541 g/mol. The SMILES string of the molecule is C=CS(=O)(=O)N1CCc2c(ncnc2N2CCC[C@@H](Nc3ncc(C(F)(F)F)c(OC4COC4)n3)C2)C1. The second kappa shape index (κ2) is 10.0. The van der Waals surface area contributed by atoms with Gasteiger partial charge in [-0.05, 0) is 19.3 Å². The van der Waals surface area contributed by atoms with Gasteiger partial charge in [0.15, 0.2) is 0 Å². The van der Waals surface area contributed by atoms with Crippen LogP contribution in [0.2, 0.25) is 0 Å². The summed E-state index contributed by atoms with van der Waals surface area (Å²) in [6, 6.07) is -0.155. The van der Waals surface area contributed by atoms with E-state index in [4.69, 9.17) is 9.47 Å². The van der Waals surface area contributed by atoms with Crippen LogP contribution in [0.1, 0.15) is 29.7 Å². The molecule has 1 N–H and O–H groups in total. The molecule has 11 nitrogen and oxygen atoms in total. The summed E-state index contributed by atoms with van der Waals surface area (Å²) in [7, 11) is -3.56. The normalized spacial score (nSPS) is 21.2. The van der Waals surface area contributed by atoms with Crippen LogP contribution >= 0.6 is 0 Å². The van der Waals surface area contributed by atoms with Crippen LogP contribution in [-0.4, -0.2) is 77.7 Å². The van der Waals surface area contributed by atoms with Gasteiger partial charge < -0.3 is 19.7 Å². The summed E-state index contributed by atoms with van der Waals surface area (Å²) in [5.41, 5.74) is 0.503. The number of fused-ring (bicyclic) bond motifs is 1. The smallest absolute Gasteiger partial charge is 0.423 e. The molecule has 2 fully saturated rings. The molecular formula is C22H26F3N7O4S. The van der Waals surface area contributed by atoms with Gasteiger partial charge in [-0.2, -0.15) is 22.5 Å². The van der Waals surface area contributed by atoms with Gasteiger partial charge in [0, 0.05) is 42.8 Å². The van der Waals surface area contributed by atoms with E-state index >= 15 is 0 Å². The number of hydrogen-bond donors (Lipinski definition) is 1. The van der Waals surface area contributed by atoms with Crippen LogP contribution in [0.15, 0.2) is 24.5 Å². The second-order valence-corrected chi connectivity index (χ2v) is 10.9. The van der Waals surface area contributed by atoms with Gasteiger partial charge in [0.1, 0.15) is 23.8 Å². The van der Waals surface area contributed by atoms with Crippen LogP contribution in [0.4, 0.5) is 24.9 Å². The lowest BCUT2D eigenvalue weighted by atomic mass is 10.0. The number of rotatable bonds is 7. The van der Waals surface area contributed by atoms with Crippen molar-refractivity contribution in [1.29, 1.82) is 0 Å². The van der Waals surface area contributed by atoms with Gasteiger partial charge in [0.05, 0.1) is 25.5 Å². The molecule has 5 heterocycles. The predicted octanol–water partition coefficient (Wildman–Crippen LogP) is 1.98. The number of aromatic nitrogens is 4. The molecule has 0 amide bonds. The lowest BCUT2D eigenvalue weighted by Crippen LogP contribution is -2.44. The Balaban J connectivity index is 1.31. The molecule has 0 saturated carbocycles. The fraction of sp³-hybridized carbons (Fsp3) is 0.545. The largest absolute Gasteiger partial charge is 0.469 e. The molecule has 2 aromatic rings. The molecule has 2 aromatic heterocycles. The summed E-state index contributed by atoms with van der Waals surface area (Å²) < 4.78 is 76.4. The van der Waals surface area contributed by atoms with Crippen molar-refractivity contribution in [3.8, 4) is 5.88 Å². The van der Waals surface area contributed by atoms with Gasteiger partial charge in [-0.1, -0.05) is 6.58 Å². The minimum absolute atomic E-state index is 0.0464. The molecule has 15 heteroatoms. The molecule has 0 aliphatic carbocycles. The van der Waals surface area contributed by atoms with Crippen LogP contribution in [0.25, 0.3) is 0 Å². The number of nitrogens with one attached hydrogen (secondary N) is 1. The van der Waals surface area contributed by atoms with E-state index in [1.807, 2.05) is 0 Å². The molecule has 0 bridgehead atoms. The fourth-order valence-electron chi connectivity index (χ4n) is 4.54. The van der Waals surface area contributed by atoms with E-state index in [0.29, 0.717) is 25.2 Å². The lowest BCUT2D eigenvalue weighted by molar-refractivity contribution is -0.142. The predicted molar refractivity (Wildman–Crippen MR) is 126 cm³/mol. The Kier molecular flexibility index (Phi) is 6.93. The summed E-state index contributed by atoms with van der Waals surface area (Å²) in [5, 5.41) is 4.07. The molecule has 3 aliphatic heterocycles. The number of alkyl halides is 3. The molecule has 3 aliphatic rings. The van der Waals surface area contributed by atoms with E-state index < -0.39 is 33.7 Å². The highest BCUT2D eigenvalue weighted by Crippen LogP contribution is 2.36. The van der Waals surface area contributed by atoms with Crippen molar-refractivity contribution < 1.29 is 31.1 Å². The highest BCUT2D eigenvalue weighted by Gasteiger charge is 2.38. The van der Waals surface area contributed by atoms with Crippen LogP contribution in [0.5, 0.6) is 5.88 Å². The summed E-state index contributed by atoms with van der Waals surface area (Å²) in [4.78, 5) is 18.8. The lowest BCUT2D eigenvalue weighted by Gasteiger charge is -2.36. The average molecular weight is 542 g/mol. The van der Waals surface area contributed by atoms with Crippen LogP contribution < -0.4 is 15.0 Å². The van der Waals surface area contributed by atoms with Crippen molar-refractivity contribution in [2.75, 3.05) is 43.1 Å². The van der Waals surface area contributed by atoms with Crippen LogP contribution in [-0.2, 0) is 33.9 Å². The van der Waals surface area contributed by atoms with Crippen molar-refractivity contribution in [1.82, 2.24) is 24.2 Å². The average Bonchev–Trinajstić information content (AvgIpc) is 2.85. The fourth-order valence-corrected chi connectivity index (χ4v) is 5.40. The Hall–Kier alpha value is -3.04. The maximum absolute atomic E-state index is 13.4. The highest BCUT2D eigenvalue weighted by molar-refractivity contribution is 7.91. The minimum atomic E-state index is -4.65. The van der Waals surface area contributed by atoms with E-state index in [1.54, 1.807) is 0 Å². The molecule has 200 valence electrons. The zero-order valence-corrected chi connectivity index (χ0v) is 20.6. The number of nitrogens with zero attached hydrogens (tertiary/aromatic N) is 6. The number of hydrogen-bond acceptors (Lipinski definition) is 10. The molecule has 0 radical (unpaired) electrons. The Bertz CT molecular complexity index is 1270. The maximum Gasteiger partial charge on any atom is 0.423 e. The Morgan fingerprint density at radius 3 is 2.73 bits per heavy atom. The topological polar surface area (TPSA) is 123 Å². The number of sulfonamides is 1. The van der Waals surface area contributed by atoms with Gasteiger partial charge in [-0.15, -0.1) is 0 Å². The van der Waals surface area contributed by atoms with Crippen molar-refractivity contribution in [2.24, 2.45) is 0 Å². The van der Waals surface area contributed by atoms with Gasteiger partial charge in [0.2, 0.25) is 21.9 Å². The van der Waals surface area contributed by atoms with Crippen molar-refractivity contribution in [2.45, 2.75) is 44.1 Å². The van der Waals surface area contributed by atoms with E-state index in [0.717, 1.165) is 42.4 Å². The summed E-state index contributed by atoms with van der Waals surface area (Å²) in [6.07, 6.45) is -0.956. The van der Waals surface area contributed by atoms with Crippen molar-refractivity contribution in [3.05, 3.63) is 41.3 Å². The third-order valence-corrected chi connectivity index (χ3v) is 7.97. The molecule has 0 aromatic carbocycles. The maximum atomic E-state index is 13.4. The summed E-state index contributed by atoms with van der Waals surface area (Å²) >= 11 is 0. The number of piperidine rings is 1. The number of halogens is 3. The summed E-state index contributed by atoms with van der Waals surface area (Å²) in [5.74, 6) is 0.259. The van der Waals surface area contributed by atoms with Crippen LogP contribution in [0, 0.1) is 0 Å². The zero-order valence-electron chi connectivity index (χ0n) is 19.8. The van der Waals surface area contributed by atoms with E-state index in [2.05, 4.69) is 36.7 Å². The number of ether oxygens (including phenoxy) is 2. The standard InChI is InChI=1S/C22H26F3N7O4S/c1-2-37(33,34)32-7-5-16-18(10-32)27-13-28-19(16)31-6-3-4-14(9-31)29-21-26-8-17(22(23,24)25)20(30-21)36-15-11-35-12-15/h2,8,13-15H,1,3-7,9-12H2,(H,26,29,30)/t14-/m1/s1. The molecule has 1 atom stereocenters. The third-order valence-electron chi connectivity index (χ3n) is 6.52. The second-order valence-electron chi connectivity index (χ2n) is 9.03. The quantitative estimate of drug-likeness (QED) is 0.557. The first-order valence-electron chi connectivity index (χ1n) is 11.8. The van der Waals surface area contributed by atoms with E-state index in [9.17, 15) is 21.6 Å². The molecule has 2 saturated heterocycles. The first kappa shape index (κ1) is 25.6. The molecule has 0 spiro atoms. The molecule has 37 heavy (non-hydrogen) atoms. The Morgan fingerprint density at radius 1 is 1.22 bits per heavy atom. The molecule has 5 rings (SSSR count). The third kappa shape index (κ3) is 5.48. The highest BCUT2D eigenvalue weighted by atomic mass is 32.2. The Morgan fingerprint density at radius 2 is 2.03 bits per heavy atom.